The largest absolute Gasteiger partial charge is 0.391 e. The lowest BCUT2D eigenvalue weighted by atomic mass is 9.92. The van der Waals surface area contributed by atoms with Crippen LogP contribution >= 0.6 is 0 Å². The minimum absolute atomic E-state index is 0. The van der Waals surface area contributed by atoms with Gasteiger partial charge in [0.1, 0.15) is 5.82 Å². The van der Waals surface area contributed by atoms with Crippen molar-refractivity contribution in [1.82, 2.24) is 16.4 Å². The Hall–Kier alpha value is -2.43. The van der Waals surface area contributed by atoms with Gasteiger partial charge in [0.05, 0.1) is 11.7 Å². The topological polar surface area (TPSA) is 105 Å². The molecule has 0 radical (unpaired) electrons. The van der Waals surface area contributed by atoms with Crippen molar-refractivity contribution in [2.75, 3.05) is 13.1 Å². The van der Waals surface area contributed by atoms with Gasteiger partial charge in [-0.15, -0.1) is 6.42 Å². The zero-order chi connectivity index (χ0) is 19.7. The van der Waals surface area contributed by atoms with Crippen LogP contribution in [0.2, 0.25) is 0 Å². The molecule has 2 rings (SSSR count). The summed E-state index contributed by atoms with van der Waals surface area (Å²) in [6.07, 6.45) is 6.60. The highest BCUT2D eigenvalue weighted by Crippen LogP contribution is 2.21. The van der Waals surface area contributed by atoms with Gasteiger partial charge in [-0.2, -0.15) is 0 Å². The minimum Gasteiger partial charge on any atom is -0.391 e. The number of terminal acetylenes is 1. The van der Waals surface area contributed by atoms with Crippen molar-refractivity contribution in [2.45, 2.75) is 46.3 Å². The summed E-state index contributed by atoms with van der Waals surface area (Å²) in [7, 11) is 0. The molecule has 1 aromatic carbocycles. The Morgan fingerprint density at radius 1 is 1.48 bits per heavy atom. The molecule has 1 heterocycles. The number of nitrogens with one attached hydrogen (secondary N) is 1. The van der Waals surface area contributed by atoms with Gasteiger partial charge in [0.25, 0.3) is 0 Å². The highest BCUT2D eigenvalue weighted by Gasteiger charge is 2.27. The van der Waals surface area contributed by atoms with Gasteiger partial charge < -0.3 is 21.5 Å². The summed E-state index contributed by atoms with van der Waals surface area (Å²) in [6.45, 7) is 7.71. The van der Waals surface area contributed by atoms with E-state index in [2.05, 4.69) is 32.0 Å². The maximum Gasteiger partial charge on any atom is 0.223 e. The molecule has 0 spiro atoms. The van der Waals surface area contributed by atoms with E-state index in [0.717, 1.165) is 13.0 Å². The van der Waals surface area contributed by atoms with Crippen LogP contribution < -0.4 is 11.5 Å². The smallest absolute Gasteiger partial charge is 0.223 e. The summed E-state index contributed by atoms with van der Waals surface area (Å²) in [6, 6.07) is 4.50. The Morgan fingerprint density at radius 2 is 2.15 bits per heavy atom. The molecule has 1 atom stereocenters. The molecule has 5 N–H and O–H groups in total. The molecule has 1 saturated heterocycles. The lowest BCUT2D eigenvalue weighted by molar-refractivity contribution is -0.132. The number of benzene rings is 1. The van der Waals surface area contributed by atoms with Crippen molar-refractivity contribution in [1.29, 1.82) is 0 Å². The van der Waals surface area contributed by atoms with Crippen LogP contribution in [0.15, 0.2) is 18.2 Å². The van der Waals surface area contributed by atoms with Gasteiger partial charge in [-0.3, -0.25) is 9.59 Å². The maximum atomic E-state index is 13.0. The molecular weight excluding hydrogens is 349 g/mol. The number of carbonyl (C=O) groups is 2. The molecule has 1 unspecified atom stereocenters. The molecule has 1 fully saturated rings. The Kier molecular flexibility index (Phi) is 10.3. The van der Waals surface area contributed by atoms with E-state index in [4.69, 9.17) is 6.42 Å². The predicted octanol–water partition coefficient (Wildman–Crippen LogP) is 2.23. The van der Waals surface area contributed by atoms with Crippen LogP contribution in [0.5, 0.6) is 0 Å². The number of amides is 2. The number of likely N-dealkylation sites (tertiary alicyclic amines) is 1. The Morgan fingerprint density at radius 3 is 2.59 bits per heavy atom. The van der Waals surface area contributed by atoms with Crippen molar-refractivity contribution in [3.8, 4) is 12.3 Å². The van der Waals surface area contributed by atoms with Crippen LogP contribution in [-0.2, 0) is 16.1 Å². The number of nitrogens with zero attached hydrogens (tertiary/aromatic N) is 1. The van der Waals surface area contributed by atoms with Crippen LogP contribution in [0.4, 0.5) is 4.39 Å². The first-order valence-corrected chi connectivity index (χ1v) is 8.54. The Balaban J connectivity index is 0.000000483. The zero-order valence-electron chi connectivity index (χ0n) is 16.3. The molecule has 0 bridgehead atoms. The summed E-state index contributed by atoms with van der Waals surface area (Å²) in [5, 5.41) is 11.7. The van der Waals surface area contributed by atoms with E-state index in [-0.39, 0.29) is 29.1 Å². The average Bonchev–Trinajstić information content (AvgIpc) is 2.99. The summed E-state index contributed by atoms with van der Waals surface area (Å²) in [5.41, 5.74) is 0.961. The number of aliphatic hydroxyl groups is 1. The fourth-order valence-corrected chi connectivity index (χ4v) is 2.48. The normalized spacial score (nSPS) is 15.7. The lowest BCUT2D eigenvalue weighted by Crippen LogP contribution is -2.32. The Labute approximate surface area is 160 Å². The van der Waals surface area contributed by atoms with Crippen LogP contribution in [0, 0.1) is 23.6 Å². The van der Waals surface area contributed by atoms with Gasteiger partial charge in [-0.25, -0.2) is 4.39 Å². The molecule has 0 aliphatic carbocycles. The zero-order valence-corrected chi connectivity index (χ0v) is 16.3. The van der Waals surface area contributed by atoms with Crippen molar-refractivity contribution < 1.29 is 19.1 Å². The molecule has 0 aromatic heterocycles. The summed E-state index contributed by atoms with van der Waals surface area (Å²) in [5.74, 6) is 1.95. The molecule has 1 aliphatic heterocycles. The molecule has 150 valence electrons. The number of aliphatic hydroxyl groups excluding tert-OH is 1. The van der Waals surface area contributed by atoms with E-state index in [0.29, 0.717) is 31.5 Å². The molecule has 0 saturated carbocycles. The van der Waals surface area contributed by atoms with Gasteiger partial charge in [0.2, 0.25) is 12.3 Å². The fraction of sp³-hybridized carbons (Fsp3) is 0.500. The standard InChI is InChI=1S/C10H8FNO.C10H19NO2.H3N/c1-2-9-4-3-8(5-10(9)11)6-12-7-13;1-10(2,3)6-9(13)11-5-4-8(12)7-11;/h1,3-5,7H,6H2,(H,12,13);8,12H,4-7H2,1-3H3;1H3. The monoisotopic (exact) mass is 379 g/mol. The second-order valence-electron chi connectivity index (χ2n) is 7.48. The number of β-amino-alcohol motifs (C(OH)–C–C–N with tert-alkyl or cyclic N) is 1. The third-order valence-corrected chi connectivity index (χ3v) is 3.78. The van der Waals surface area contributed by atoms with E-state index in [1.807, 2.05) is 0 Å². The van der Waals surface area contributed by atoms with Crippen LogP contribution in [0.25, 0.3) is 0 Å². The molecule has 1 aliphatic rings. The van der Waals surface area contributed by atoms with E-state index in [1.165, 1.54) is 12.1 Å². The SMILES string of the molecule is C#Cc1ccc(CNC=O)cc1F.CC(C)(C)CC(=O)N1CCC(O)C1.N. The van der Waals surface area contributed by atoms with Gasteiger partial charge in [-0.05, 0) is 29.5 Å². The highest BCUT2D eigenvalue weighted by atomic mass is 19.1. The van der Waals surface area contributed by atoms with Crippen LogP contribution in [0.1, 0.15) is 44.7 Å². The van der Waals surface area contributed by atoms with E-state index < -0.39 is 5.82 Å². The van der Waals surface area contributed by atoms with Gasteiger partial charge in [0.15, 0.2) is 0 Å². The van der Waals surface area contributed by atoms with Gasteiger partial charge in [-0.1, -0.05) is 32.8 Å². The van der Waals surface area contributed by atoms with Gasteiger partial charge >= 0.3 is 0 Å². The molecule has 2 amide bonds. The van der Waals surface area contributed by atoms with E-state index >= 15 is 0 Å². The first-order chi connectivity index (χ1) is 12.2. The number of hydrogen-bond acceptors (Lipinski definition) is 4. The second kappa shape index (κ2) is 11.3. The quantitative estimate of drug-likeness (QED) is 0.551. The number of carbonyl (C=O) groups excluding carboxylic acids is 2. The molecule has 1 aromatic rings. The van der Waals surface area contributed by atoms with Crippen LogP contribution in [-0.4, -0.2) is 41.5 Å². The molecule has 7 heteroatoms. The second-order valence-corrected chi connectivity index (χ2v) is 7.48. The molecule has 27 heavy (non-hydrogen) atoms. The molecule has 6 nitrogen and oxygen atoms in total. The van der Waals surface area contributed by atoms with E-state index in [1.54, 1.807) is 11.0 Å². The first-order valence-electron chi connectivity index (χ1n) is 8.54. The van der Waals surface area contributed by atoms with Crippen molar-refractivity contribution >= 4 is 12.3 Å². The average molecular weight is 379 g/mol. The summed E-state index contributed by atoms with van der Waals surface area (Å²) < 4.78 is 13.0. The summed E-state index contributed by atoms with van der Waals surface area (Å²) >= 11 is 0. The first kappa shape index (κ1) is 24.6. The third kappa shape index (κ3) is 9.18. The van der Waals surface area contributed by atoms with Crippen LogP contribution in [0.3, 0.4) is 0 Å². The number of hydrogen-bond donors (Lipinski definition) is 3. The van der Waals surface area contributed by atoms with Crippen molar-refractivity contribution in [3.05, 3.63) is 35.1 Å². The van der Waals surface area contributed by atoms with Crippen molar-refractivity contribution in [2.24, 2.45) is 5.41 Å². The number of rotatable bonds is 4. The Bertz CT molecular complexity index is 665. The lowest BCUT2D eigenvalue weighted by Gasteiger charge is -2.22. The van der Waals surface area contributed by atoms with E-state index in [9.17, 15) is 19.1 Å². The predicted molar refractivity (Wildman–Crippen MR) is 104 cm³/mol. The van der Waals surface area contributed by atoms with Gasteiger partial charge in [0, 0.05) is 26.1 Å². The number of halogens is 1. The highest BCUT2D eigenvalue weighted by molar-refractivity contribution is 5.77. The minimum atomic E-state index is -0.437. The summed E-state index contributed by atoms with van der Waals surface area (Å²) in [4.78, 5) is 23.3. The fourth-order valence-electron chi connectivity index (χ4n) is 2.48. The molecular formula is C20H30FN3O3. The third-order valence-electron chi connectivity index (χ3n) is 3.78. The maximum absolute atomic E-state index is 13.0. The van der Waals surface area contributed by atoms with Crippen molar-refractivity contribution in [3.63, 3.8) is 0 Å².